The predicted molar refractivity (Wildman–Crippen MR) is 94.7 cm³/mol. The smallest absolute Gasteiger partial charge is 0.174 e. The van der Waals surface area contributed by atoms with E-state index in [1.54, 1.807) is 0 Å². The Balaban J connectivity index is 1.68. The molecule has 3 nitrogen and oxygen atoms in total. The maximum Gasteiger partial charge on any atom is 0.174 e. The van der Waals surface area contributed by atoms with Crippen LogP contribution in [0.2, 0.25) is 0 Å². The molecule has 0 fully saturated rings. The summed E-state index contributed by atoms with van der Waals surface area (Å²) >= 11 is 1.82. The van der Waals surface area contributed by atoms with Crippen LogP contribution in [0.5, 0.6) is 0 Å². The quantitative estimate of drug-likeness (QED) is 0.859. The molecule has 2 aromatic carbocycles. The van der Waals surface area contributed by atoms with Gasteiger partial charge >= 0.3 is 0 Å². The van der Waals surface area contributed by atoms with Crippen LogP contribution >= 0.6 is 11.8 Å². The summed E-state index contributed by atoms with van der Waals surface area (Å²) in [7, 11) is 2.14. The van der Waals surface area contributed by atoms with E-state index in [0.29, 0.717) is 0 Å². The second kappa shape index (κ2) is 7.47. The highest BCUT2D eigenvalue weighted by molar-refractivity contribution is 8.13. The Morgan fingerprint density at radius 3 is 2.27 bits per heavy atom. The van der Waals surface area contributed by atoms with E-state index in [-0.39, 0.29) is 0 Å². The van der Waals surface area contributed by atoms with Crippen molar-refractivity contribution in [2.45, 2.75) is 12.3 Å². The van der Waals surface area contributed by atoms with Gasteiger partial charge in [-0.25, -0.2) is 5.01 Å². The zero-order chi connectivity index (χ0) is 15.2. The first-order valence-corrected chi connectivity index (χ1v) is 8.55. The first-order chi connectivity index (χ1) is 10.8. The van der Waals surface area contributed by atoms with Gasteiger partial charge in [-0.2, -0.15) is 0 Å². The van der Waals surface area contributed by atoms with Crippen LogP contribution in [-0.2, 0) is 12.3 Å². The van der Waals surface area contributed by atoms with Gasteiger partial charge in [-0.05, 0) is 11.1 Å². The highest BCUT2D eigenvalue weighted by Gasteiger charge is 2.20. The predicted octanol–water partition coefficient (Wildman–Crippen LogP) is 3.64. The molecule has 114 valence electrons. The molecule has 0 atom stereocenters. The topological polar surface area (TPSA) is 18.8 Å². The molecule has 0 amide bonds. The number of likely N-dealkylation sites (N-methyl/N-ethyl adjacent to an activating group) is 1. The lowest BCUT2D eigenvalue weighted by Crippen LogP contribution is -2.46. The van der Waals surface area contributed by atoms with Gasteiger partial charge in [0, 0.05) is 19.3 Å². The molecule has 1 aliphatic rings. The molecule has 0 radical (unpaired) electrons. The lowest BCUT2D eigenvalue weighted by Gasteiger charge is -2.37. The second-order valence-corrected chi connectivity index (χ2v) is 6.31. The number of amidine groups is 1. The number of hydrogen-bond donors (Lipinski definition) is 0. The van der Waals surface area contributed by atoms with Crippen LogP contribution in [0, 0.1) is 0 Å². The molecular weight excluding hydrogens is 290 g/mol. The fraction of sp³-hybridized carbons (Fsp3) is 0.278. The van der Waals surface area contributed by atoms with E-state index in [1.165, 1.54) is 11.1 Å². The van der Waals surface area contributed by atoms with Gasteiger partial charge in [0.05, 0.1) is 13.1 Å². The van der Waals surface area contributed by atoms with Crippen molar-refractivity contribution >= 4 is 16.9 Å². The Labute approximate surface area is 136 Å². The van der Waals surface area contributed by atoms with E-state index in [2.05, 4.69) is 77.7 Å². The standard InChI is InChI=1S/C18H21N3S/c1-20-13-12-19-18(22-15-17-10-6-3-7-11-17)21(20)14-16-8-4-2-5-9-16/h2-11H,12-15H2,1H3. The normalized spacial score (nSPS) is 15.7. The number of nitrogens with zero attached hydrogens (tertiary/aromatic N) is 3. The van der Waals surface area contributed by atoms with Crippen molar-refractivity contribution in [1.29, 1.82) is 0 Å². The van der Waals surface area contributed by atoms with Crippen molar-refractivity contribution < 1.29 is 0 Å². The molecule has 0 unspecified atom stereocenters. The molecule has 4 heteroatoms. The monoisotopic (exact) mass is 311 g/mol. The van der Waals surface area contributed by atoms with Gasteiger partial charge in [0.1, 0.15) is 0 Å². The van der Waals surface area contributed by atoms with E-state index in [0.717, 1.165) is 30.6 Å². The van der Waals surface area contributed by atoms with Gasteiger partial charge < -0.3 is 0 Å². The molecule has 0 N–H and O–H groups in total. The summed E-state index contributed by atoms with van der Waals surface area (Å²) < 4.78 is 0. The number of aliphatic imine (C=N–C) groups is 1. The van der Waals surface area contributed by atoms with Crippen molar-refractivity contribution in [2.24, 2.45) is 4.99 Å². The third kappa shape index (κ3) is 3.90. The average Bonchev–Trinajstić information content (AvgIpc) is 2.57. The van der Waals surface area contributed by atoms with E-state index < -0.39 is 0 Å². The number of thioether (sulfide) groups is 1. The first kappa shape index (κ1) is 15.1. The van der Waals surface area contributed by atoms with Gasteiger partial charge in [0.15, 0.2) is 5.17 Å². The van der Waals surface area contributed by atoms with Gasteiger partial charge in [-0.15, -0.1) is 0 Å². The number of benzene rings is 2. The summed E-state index contributed by atoms with van der Waals surface area (Å²) in [5, 5.41) is 5.67. The lowest BCUT2D eigenvalue weighted by atomic mass is 10.2. The number of rotatable bonds is 4. The van der Waals surface area contributed by atoms with Gasteiger partial charge in [-0.3, -0.25) is 10.0 Å². The van der Waals surface area contributed by atoms with Crippen molar-refractivity contribution in [1.82, 2.24) is 10.0 Å². The van der Waals surface area contributed by atoms with Gasteiger partial charge in [0.25, 0.3) is 0 Å². The SMILES string of the molecule is CN1CCN=C(SCc2ccccc2)N1Cc1ccccc1. The summed E-state index contributed by atoms with van der Waals surface area (Å²) in [6.07, 6.45) is 0. The fourth-order valence-electron chi connectivity index (χ4n) is 2.43. The molecular formula is C18H21N3S. The molecule has 0 aromatic heterocycles. The Hall–Kier alpha value is -1.78. The summed E-state index contributed by atoms with van der Waals surface area (Å²) in [6.45, 7) is 2.72. The van der Waals surface area contributed by atoms with Crippen LogP contribution in [0.3, 0.4) is 0 Å². The minimum absolute atomic E-state index is 0.873. The molecule has 0 bridgehead atoms. The molecule has 0 aliphatic carbocycles. The molecule has 0 spiro atoms. The van der Waals surface area contributed by atoms with Crippen LogP contribution in [0.15, 0.2) is 65.7 Å². The average molecular weight is 311 g/mol. The fourth-order valence-corrected chi connectivity index (χ4v) is 3.45. The van der Waals surface area contributed by atoms with Crippen LogP contribution in [0.25, 0.3) is 0 Å². The van der Waals surface area contributed by atoms with Crippen LogP contribution in [0.4, 0.5) is 0 Å². The first-order valence-electron chi connectivity index (χ1n) is 7.56. The third-order valence-electron chi connectivity index (χ3n) is 3.69. The molecule has 3 rings (SSSR count). The van der Waals surface area contributed by atoms with Crippen LogP contribution in [-0.4, -0.2) is 35.3 Å². The molecule has 1 aliphatic heterocycles. The highest BCUT2D eigenvalue weighted by Crippen LogP contribution is 2.21. The largest absolute Gasteiger partial charge is 0.280 e. The number of hydrazine groups is 1. The Bertz CT molecular complexity index is 613. The molecule has 22 heavy (non-hydrogen) atoms. The van der Waals surface area contributed by atoms with Gasteiger partial charge in [0.2, 0.25) is 0 Å². The summed E-state index contributed by atoms with van der Waals surface area (Å²) in [6, 6.07) is 21.1. The molecule has 1 heterocycles. The zero-order valence-corrected chi connectivity index (χ0v) is 13.7. The van der Waals surface area contributed by atoms with Crippen molar-refractivity contribution in [3.05, 3.63) is 71.8 Å². The summed E-state index contributed by atoms with van der Waals surface area (Å²) in [4.78, 5) is 4.74. The molecule has 2 aromatic rings. The summed E-state index contributed by atoms with van der Waals surface area (Å²) in [5.74, 6) is 0.957. The van der Waals surface area contributed by atoms with Gasteiger partial charge in [-0.1, -0.05) is 72.4 Å². The van der Waals surface area contributed by atoms with E-state index in [9.17, 15) is 0 Å². The van der Waals surface area contributed by atoms with Crippen molar-refractivity contribution in [2.75, 3.05) is 20.1 Å². The summed E-state index contributed by atoms with van der Waals surface area (Å²) in [5.41, 5.74) is 2.65. The van der Waals surface area contributed by atoms with E-state index >= 15 is 0 Å². The highest BCUT2D eigenvalue weighted by atomic mass is 32.2. The Morgan fingerprint density at radius 2 is 1.59 bits per heavy atom. The van der Waals surface area contributed by atoms with Crippen LogP contribution < -0.4 is 0 Å². The van der Waals surface area contributed by atoms with E-state index in [1.807, 2.05) is 11.8 Å². The van der Waals surface area contributed by atoms with Crippen molar-refractivity contribution in [3.63, 3.8) is 0 Å². The lowest BCUT2D eigenvalue weighted by molar-refractivity contribution is 0.0668. The second-order valence-electron chi connectivity index (χ2n) is 5.36. The Morgan fingerprint density at radius 1 is 0.955 bits per heavy atom. The van der Waals surface area contributed by atoms with Crippen LogP contribution in [0.1, 0.15) is 11.1 Å². The maximum atomic E-state index is 4.74. The zero-order valence-electron chi connectivity index (χ0n) is 12.9. The third-order valence-corrected chi connectivity index (χ3v) is 4.77. The minimum Gasteiger partial charge on any atom is -0.280 e. The number of hydrogen-bond acceptors (Lipinski definition) is 4. The van der Waals surface area contributed by atoms with E-state index in [4.69, 9.17) is 4.99 Å². The van der Waals surface area contributed by atoms with Crippen molar-refractivity contribution in [3.8, 4) is 0 Å². The molecule has 0 saturated carbocycles. The maximum absolute atomic E-state index is 4.74. The minimum atomic E-state index is 0.873. The Kier molecular flexibility index (Phi) is 5.14. The molecule has 0 saturated heterocycles.